The van der Waals surface area contributed by atoms with E-state index >= 15 is 0 Å². The molecule has 0 fully saturated rings. The van der Waals surface area contributed by atoms with Crippen LogP contribution in [0.5, 0.6) is 0 Å². The van der Waals surface area contributed by atoms with Gasteiger partial charge in [-0.3, -0.25) is 0 Å². The van der Waals surface area contributed by atoms with E-state index in [0.29, 0.717) is 11.0 Å². The number of halogens is 2. The summed E-state index contributed by atoms with van der Waals surface area (Å²) in [6.07, 6.45) is 0. The Bertz CT molecular complexity index is 772. The van der Waals surface area contributed by atoms with Crippen LogP contribution in [0.2, 0.25) is 0 Å². The molecule has 0 bridgehead atoms. The van der Waals surface area contributed by atoms with Crippen LogP contribution in [0.4, 0.5) is 14.6 Å². The molecule has 1 heterocycles. The predicted octanol–water partition coefficient (Wildman–Crippen LogP) is 3.16. The van der Waals surface area contributed by atoms with Gasteiger partial charge in [-0.2, -0.15) is 0 Å². The van der Waals surface area contributed by atoms with Crippen LogP contribution in [0.1, 0.15) is 0 Å². The molecule has 5 heteroatoms. The standard InChI is InChI=1S/C14H9F2N3/c15-8-5-6-10(16)9(7-8)13-14(17)19-12-4-2-1-3-11(12)18-13/h1-7H,(H2,17,19). The molecule has 0 atom stereocenters. The maximum Gasteiger partial charge on any atom is 0.150 e. The van der Waals surface area contributed by atoms with Crippen molar-refractivity contribution in [2.75, 3.05) is 5.73 Å². The normalized spacial score (nSPS) is 10.8. The minimum atomic E-state index is -0.585. The van der Waals surface area contributed by atoms with Crippen LogP contribution in [-0.2, 0) is 0 Å². The molecule has 19 heavy (non-hydrogen) atoms. The molecule has 0 aliphatic heterocycles. The molecule has 2 aromatic carbocycles. The van der Waals surface area contributed by atoms with Crippen LogP contribution in [0, 0.1) is 11.6 Å². The number of hydrogen-bond acceptors (Lipinski definition) is 3. The second-order valence-electron chi connectivity index (χ2n) is 4.07. The minimum Gasteiger partial charge on any atom is -0.382 e. The molecular formula is C14H9F2N3. The summed E-state index contributed by atoms with van der Waals surface area (Å²) in [7, 11) is 0. The average Bonchev–Trinajstić information content (AvgIpc) is 2.41. The van der Waals surface area contributed by atoms with Gasteiger partial charge in [-0.25, -0.2) is 18.7 Å². The van der Waals surface area contributed by atoms with Crippen LogP contribution in [0.3, 0.4) is 0 Å². The van der Waals surface area contributed by atoms with Gasteiger partial charge in [-0.15, -0.1) is 0 Å². The van der Waals surface area contributed by atoms with Crippen molar-refractivity contribution in [3.8, 4) is 11.3 Å². The molecule has 3 aromatic rings. The zero-order valence-electron chi connectivity index (χ0n) is 9.77. The zero-order valence-corrected chi connectivity index (χ0v) is 9.77. The third-order valence-corrected chi connectivity index (χ3v) is 2.78. The summed E-state index contributed by atoms with van der Waals surface area (Å²) >= 11 is 0. The van der Waals surface area contributed by atoms with Crippen LogP contribution in [-0.4, -0.2) is 9.97 Å². The molecule has 0 amide bonds. The lowest BCUT2D eigenvalue weighted by Crippen LogP contribution is -2.00. The highest BCUT2D eigenvalue weighted by Gasteiger charge is 2.13. The van der Waals surface area contributed by atoms with Crippen LogP contribution in [0.25, 0.3) is 22.3 Å². The van der Waals surface area contributed by atoms with Gasteiger partial charge in [0.25, 0.3) is 0 Å². The number of aromatic nitrogens is 2. The molecule has 0 unspecified atom stereocenters. The molecule has 0 aliphatic carbocycles. The molecule has 0 saturated carbocycles. The number of nitrogen functional groups attached to an aromatic ring is 1. The van der Waals surface area contributed by atoms with E-state index in [1.165, 1.54) is 0 Å². The number of fused-ring (bicyclic) bond motifs is 1. The third kappa shape index (κ3) is 1.99. The quantitative estimate of drug-likeness (QED) is 0.728. The van der Waals surface area contributed by atoms with Crippen LogP contribution < -0.4 is 5.73 Å². The molecule has 0 spiro atoms. The van der Waals surface area contributed by atoms with Crippen molar-refractivity contribution in [1.82, 2.24) is 9.97 Å². The fourth-order valence-corrected chi connectivity index (χ4v) is 1.89. The van der Waals surface area contributed by atoms with Crippen molar-refractivity contribution in [3.05, 3.63) is 54.1 Å². The zero-order chi connectivity index (χ0) is 13.4. The van der Waals surface area contributed by atoms with Gasteiger partial charge >= 0.3 is 0 Å². The van der Waals surface area contributed by atoms with Crippen molar-refractivity contribution in [2.45, 2.75) is 0 Å². The average molecular weight is 257 g/mol. The molecule has 3 rings (SSSR count). The highest BCUT2D eigenvalue weighted by Crippen LogP contribution is 2.27. The van der Waals surface area contributed by atoms with E-state index in [9.17, 15) is 8.78 Å². The Kier molecular flexibility index (Phi) is 2.59. The second kappa shape index (κ2) is 4.28. The number of nitrogens with two attached hydrogens (primary N) is 1. The van der Waals surface area contributed by atoms with Crippen LogP contribution >= 0.6 is 0 Å². The summed E-state index contributed by atoms with van der Waals surface area (Å²) in [6, 6.07) is 10.2. The van der Waals surface area contributed by atoms with Crippen molar-refractivity contribution >= 4 is 16.9 Å². The largest absolute Gasteiger partial charge is 0.382 e. The van der Waals surface area contributed by atoms with Crippen molar-refractivity contribution in [2.24, 2.45) is 0 Å². The van der Waals surface area contributed by atoms with E-state index < -0.39 is 11.6 Å². The Labute approximate surface area is 107 Å². The fraction of sp³-hybridized carbons (Fsp3) is 0. The van der Waals surface area contributed by atoms with E-state index in [2.05, 4.69) is 9.97 Å². The highest BCUT2D eigenvalue weighted by molar-refractivity contribution is 5.82. The Morgan fingerprint density at radius 1 is 0.895 bits per heavy atom. The molecule has 3 nitrogen and oxygen atoms in total. The maximum absolute atomic E-state index is 13.7. The number of benzene rings is 2. The summed E-state index contributed by atoms with van der Waals surface area (Å²) in [4.78, 5) is 8.40. The van der Waals surface area contributed by atoms with Crippen LogP contribution in [0.15, 0.2) is 42.5 Å². The molecule has 2 N–H and O–H groups in total. The minimum absolute atomic E-state index is 0.00996. The lowest BCUT2D eigenvalue weighted by Gasteiger charge is -2.07. The first kappa shape index (κ1) is 11.5. The summed E-state index contributed by atoms with van der Waals surface area (Å²) in [6.45, 7) is 0. The molecule has 1 aromatic heterocycles. The second-order valence-corrected chi connectivity index (χ2v) is 4.07. The SMILES string of the molecule is Nc1nc2ccccc2nc1-c1cc(F)ccc1F. The van der Waals surface area contributed by atoms with Crippen molar-refractivity contribution < 1.29 is 8.78 Å². The van der Waals surface area contributed by atoms with Crippen molar-refractivity contribution in [1.29, 1.82) is 0 Å². The van der Waals surface area contributed by atoms with E-state index in [4.69, 9.17) is 5.73 Å². The van der Waals surface area contributed by atoms with Crippen molar-refractivity contribution in [3.63, 3.8) is 0 Å². The Hall–Kier alpha value is -2.56. The monoisotopic (exact) mass is 257 g/mol. The van der Waals surface area contributed by atoms with Gasteiger partial charge < -0.3 is 5.73 Å². The lowest BCUT2D eigenvalue weighted by molar-refractivity contribution is 0.602. The van der Waals surface area contributed by atoms with Gasteiger partial charge in [-0.05, 0) is 30.3 Å². The summed E-state index contributed by atoms with van der Waals surface area (Å²) in [5.74, 6) is -1.06. The Morgan fingerprint density at radius 3 is 2.32 bits per heavy atom. The molecular weight excluding hydrogens is 248 g/mol. The van der Waals surface area contributed by atoms with E-state index in [0.717, 1.165) is 18.2 Å². The van der Waals surface area contributed by atoms with Gasteiger partial charge in [-0.1, -0.05) is 12.1 Å². The summed E-state index contributed by atoms with van der Waals surface area (Å²) < 4.78 is 27.0. The predicted molar refractivity (Wildman–Crippen MR) is 69.3 cm³/mol. The number of anilines is 1. The number of rotatable bonds is 1. The number of para-hydroxylation sites is 2. The highest BCUT2D eigenvalue weighted by atomic mass is 19.1. The molecule has 0 aliphatic rings. The van der Waals surface area contributed by atoms with Gasteiger partial charge in [0.05, 0.1) is 11.0 Å². The lowest BCUT2D eigenvalue weighted by atomic mass is 10.1. The summed E-state index contributed by atoms with van der Waals surface area (Å²) in [5, 5.41) is 0. The van der Waals surface area contributed by atoms with Gasteiger partial charge in [0.1, 0.15) is 17.3 Å². The number of hydrogen-bond donors (Lipinski definition) is 1. The third-order valence-electron chi connectivity index (χ3n) is 2.78. The van der Waals surface area contributed by atoms with E-state index in [-0.39, 0.29) is 17.1 Å². The fourth-order valence-electron chi connectivity index (χ4n) is 1.89. The van der Waals surface area contributed by atoms with E-state index in [1.54, 1.807) is 24.3 Å². The maximum atomic E-state index is 13.7. The topological polar surface area (TPSA) is 51.8 Å². The first-order valence-corrected chi connectivity index (χ1v) is 5.63. The van der Waals surface area contributed by atoms with Gasteiger partial charge in [0.2, 0.25) is 0 Å². The molecule has 94 valence electrons. The smallest absolute Gasteiger partial charge is 0.150 e. The molecule has 0 saturated heterocycles. The first-order valence-electron chi connectivity index (χ1n) is 5.63. The van der Waals surface area contributed by atoms with Gasteiger partial charge in [0, 0.05) is 5.56 Å². The number of nitrogens with zero attached hydrogens (tertiary/aromatic N) is 2. The first-order chi connectivity index (χ1) is 9.15. The Morgan fingerprint density at radius 2 is 1.58 bits per heavy atom. The Balaban J connectivity index is 2.30. The van der Waals surface area contributed by atoms with E-state index in [1.807, 2.05) is 0 Å². The molecule has 0 radical (unpaired) electrons. The van der Waals surface area contributed by atoms with Gasteiger partial charge in [0.15, 0.2) is 5.82 Å². The summed E-state index contributed by atoms with van der Waals surface area (Å²) in [5.41, 5.74) is 7.12.